The largest absolute Gasteiger partial charge is 2.00 e. The molecule has 0 heterocycles. The van der Waals surface area contributed by atoms with E-state index >= 15 is 0 Å². The molecular weight excluding hydrogens is 948 g/mol. The standard InChI is InChI=1S/4C12H11NS.Cu.2NO3/c4*13-14(11-7-3-1-4-8-11)12-9-5-2-6-10-12;;2*2-1(3)4/h4*1-10,13H;;;/q;;;;+2;2*-1. The summed E-state index contributed by atoms with van der Waals surface area (Å²) in [6.45, 7) is 0. The first-order valence-corrected chi connectivity index (χ1v) is 23.7. The molecule has 0 aromatic heterocycles. The van der Waals surface area contributed by atoms with Crippen molar-refractivity contribution in [1.29, 1.82) is 19.1 Å². The van der Waals surface area contributed by atoms with E-state index in [0.29, 0.717) is 0 Å². The zero-order chi connectivity index (χ0) is 46.4. The van der Waals surface area contributed by atoms with Crippen LogP contribution < -0.4 is 0 Å². The van der Waals surface area contributed by atoms with Crippen molar-refractivity contribution in [2.75, 3.05) is 0 Å². The third-order valence-electron chi connectivity index (χ3n) is 7.83. The SMILES string of the molecule is N=S(c1ccccc1)c1ccccc1.N=S(c1ccccc1)c1ccccc1.N=S(c1ccccc1)c1ccccc1.N=S(c1ccccc1)c1ccccc1.O=[N+]([O-])[O-].O=[N+]([O-])[O-].[Cu+2]. The third-order valence-corrected chi connectivity index (χ3v) is 13.8. The summed E-state index contributed by atoms with van der Waals surface area (Å²) in [6, 6.07) is 79.5. The summed E-state index contributed by atoms with van der Waals surface area (Å²) in [5.74, 6) is 0. The van der Waals surface area contributed by atoms with Crippen LogP contribution in [0, 0.1) is 49.8 Å². The fourth-order valence-corrected chi connectivity index (χ4v) is 9.52. The van der Waals surface area contributed by atoms with Gasteiger partial charge in [-0.05, 0) is 140 Å². The number of hydrogen-bond donors (Lipinski definition) is 4. The van der Waals surface area contributed by atoms with Crippen molar-refractivity contribution >= 4 is 42.8 Å². The summed E-state index contributed by atoms with van der Waals surface area (Å²) in [7, 11) is -2.19. The summed E-state index contributed by atoms with van der Waals surface area (Å²) in [4.78, 5) is 25.0. The van der Waals surface area contributed by atoms with E-state index < -0.39 is 52.9 Å². The molecule has 12 nitrogen and oxygen atoms in total. The van der Waals surface area contributed by atoms with Gasteiger partial charge in [-0.2, -0.15) is 0 Å². The predicted molar refractivity (Wildman–Crippen MR) is 259 cm³/mol. The van der Waals surface area contributed by atoms with Crippen LogP contribution in [0.5, 0.6) is 0 Å². The fourth-order valence-electron chi connectivity index (χ4n) is 5.00. The Bertz CT molecular complexity index is 2100. The van der Waals surface area contributed by atoms with Crippen LogP contribution >= 0.6 is 0 Å². The molecule has 0 fully saturated rings. The molecule has 8 aromatic carbocycles. The van der Waals surface area contributed by atoms with Crippen molar-refractivity contribution in [3.05, 3.63) is 273 Å². The van der Waals surface area contributed by atoms with Gasteiger partial charge in [-0.1, -0.05) is 146 Å². The molecule has 337 valence electrons. The summed E-state index contributed by atoms with van der Waals surface area (Å²) in [5.41, 5.74) is 0. The van der Waals surface area contributed by atoms with Gasteiger partial charge >= 0.3 is 17.1 Å². The topological polar surface area (TPSA) is 228 Å². The van der Waals surface area contributed by atoms with Gasteiger partial charge in [0.15, 0.2) is 0 Å². The second kappa shape index (κ2) is 32.0. The van der Waals surface area contributed by atoms with Gasteiger partial charge < -0.3 is 30.6 Å². The second-order valence-corrected chi connectivity index (χ2v) is 18.4. The van der Waals surface area contributed by atoms with E-state index in [9.17, 15) is 0 Å². The molecule has 65 heavy (non-hydrogen) atoms. The van der Waals surface area contributed by atoms with Crippen molar-refractivity contribution in [2.24, 2.45) is 0 Å². The molecule has 0 aliphatic carbocycles. The van der Waals surface area contributed by atoms with Crippen LogP contribution in [-0.2, 0) is 59.8 Å². The smallest absolute Gasteiger partial charge is 0.356 e. The van der Waals surface area contributed by atoms with E-state index in [1.54, 1.807) is 0 Å². The summed E-state index contributed by atoms with van der Waals surface area (Å²) in [6.07, 6.45) is 0. The zero-order valence-electron chi connectivity index (χ0n) is 34.4. The minimum atomic E-state index is -1.75. The summed E-state index contributed by atoms with van der Waals surface area (Å²) < 4.78 is 32.3. The van der Waals surface area contributed by atoms with Gasteiger partial charge in [0.1, 0.15) is 0 Å². The molecule has 1 radical (unpaired) electrons. The molecule has 0 aliphatic rings. The predicted octanol–water partition coefficient (Wildman–Crippen LogP) is 13.5. The van der Waals surface area contributed by atoms with E-state index in [1.165, 1.54) is 0 Å². The van der Waals surface area contributed by atoms with Crippen LogP contribution in [0.4, 0.5) is 0 Å². The quantitative estimate of drug-likeness (QED) is 0.0657. The number of benzene rings is 8. The molecule has 8 rings (SSSR count). The molecule has 0 saturated carbocycles. The minimum absolute atomic E-state index is 0. The van der Waals surface area contributed by atoms with Crippen LogP contribution in [0.2, 0.25) is 0 Å². The van der Waals surface area contributed by atoms with E-state index in [2.05, 4.69) is 0 Å². The van der Waals surface area contributed by atoms with Crippen LogP contribution in [0.25, 0.3) is 0 Å². The van der Waals surface area contributed by atoms with Gasteiger partial charge in [-0.15, -0.1) is 0 Å². The van der Waals surface area contributed by atoms with Gasteiger partial charge in [0.25, 0.3) is 0 Å². The van der Waals surface area contributed by atoms with Crippen LogP contribution in [0.15, 0.2) is 282 Å². The third kappa shape index (κ3) is 22.0. The fraction of sp³-hybridized carbons (Fsp3) is 0. The first kappa shape index (κ1) is 54.4. The Morgan fingerprint density at radius 2 is 0.323 bits per heavy atom. The normalized spacial score (nSPS) is 9.66. The Morgan fingerprint density at radius 3 is 0.400 bits per heavy atom. The van der Waals surface area contributed by atoms with Crippen molar-refractivity contribution in [3.63, 3.8) is 0 Å². The Hall–Kier alpha value is -6.72. The average Bonchev–Trinajstić information content (AvgIpc) is 3.35. The maximum Gasteiger partial charge on any atom is 2.00 e. The molecule has 17 heteroatoms. The molecule has 8 aromatic rings. The number of rotatable bonds is 8. The molecule has 4 N–H and O–H groups in total. The summed E-state index contributed by atoms with van der Waals surface area (Å²) >= 11 is 0. The summed E-state index contributed by atoms with van der Waals surface area (Å²) in [5, 5.41) is 29.5. The van der Waals surface area contributed by atoms with Crippen LogP contribution in [0.3, 0.4) is 0 Å². The van der Waals surface area contributed by atoms with Gasteiger partial charge in [0.05, 0.1) is 10.2 Å². The molecule has 0 spiro atoms. The first-order chi connectivity index (χ1) is 31.0. The first-order valence-electron chi connectivity index (χ1n) is 18.8. The monoisotopic (exact) mass is 991 g/mol. The van der Waals surface area contributed by atoms with Crippen molar-refractivity contribution in [3.8, 4) is 0 Å². The molecular formula is C48H44CuN6O6S4. The van der Waals surface area contributed by atoms with Gasteiger partial charge in [0.2, 0.25) is 0 Å². The second-order valence-electron chi connectivity index (χ2n) is 12.2. The molecule has 0 saturated heterocycles. The van der Waals surface area contributed by atoms with Crippen LogP contribution in [-0.4, -0.2) is 10.2 Å². The Balaban J connectivity index is 0.000000280. The molecule has 0 amide bonds. The van der Waals surface area contributed by atoms with Gasteiger partial charge in [-0.3, -0.25) is 19.1 Å². The van der Waals surface area contributed by atoms with E-state index in [4.69, 9.17) is 49.8 Å². The van der Waals surface area contributed by atoms with Crippen LogP contribution in [0.1, 0.15) is 0 Å². The van der Waals surface area contributed by atoms with Crippen molar-refractivity contribution < 1.29 is 27.2 Å². The maximum absolute atomic E-state index is 8.25. The zero-order valence-corrected chi connectivity index (χ0v) is 38.6. The Morgan fingerprint density at radius 1 is 0.246 bits per heavy atom. The van der Waals surface area contributed by atoms with E-state index in [1.807, 2.05) is 243 Å². The van der Waals surface area contributed by atoms with E-state index in [-0.39, 0.29) is 17.1 Å². The Labute approximate surface area is 399 Å². The van der Waals surface area contributed by atoms with Gasteiger partial charge in [0, 0.05) is 39.2 Å². The van der Waals surface area contributed by atoms with E-state index in [0.717, 1.165) is 39.2 Å². The molecule has 0 unspecified atom stereocenters. The number of hydrogen-bond acceptors (Lipinski definition) is 10. The number of nitrogens with one attached hydrogen (secondary N) is 4. The number of nitrogens with zero attached hydrogens (tertiary/aromatic N) is 2. The Kier molecular flexibility index (Phi) is 26.8. The average molecular weight is 993 g/mol. The minimum Gasteiger partial charge on any atom is -0.356 e. The van der Waals surface area contributed by atoms with Gasteiger partial charge in [-0.25, -0.2) is 0 Å². The van der Waals surface area contributed by atoms with Crippen molar-refractivity contribution in [1.82, 2.24) is 0 Å². The molecule has 0 bridgehead atoms. The molecule has 0 aliphatic heterocycles. The molecule has 0 atom stereocenters. The maximum atomic E-state index is 8.25. The van der Waals surface area contributed by atoms with Crippen molar-refractivity contribution in [2.45, 2.75) is 39.2 Å².